The van der Waals surface area contributed by atoms with Gasteiger partial charge < -0.3 is 24.3 Å². The monoisotopic (exact) mass is 666 g/mol. The Balaban J connectivity index is 1.22. The van der Waals surface area contributed by atoms with Gasteiger partial charge in [-0.2, -0.15) is 5.26 Å². The van der Waals surface area contributed by atoms with E-state index < -0.39 is 17.6 Å². The summed E-state index contributed by atoms with van der Waals surface area (Å²) in [5.74, 6) is 0.773. The van der Waals surface area contributed by atoms with Crippen LogP contribution in [0.5, 0.6) is 11.5 Å². The van der Waals surface area contributed by atoms with Gasteiger partial charge in [0.15, 0.2) is 6.04 Å². The number of anilines is 1. The minimum absolute atomic E-state index is 0.00103. The molecule has 50 heavy (non-hydrogen) atoms. The number of hydrogen-bond donors (Lipinski definition) is 1. The molecule has 254 valence electrons. The first-order valence-corrected chi connectivity index (χ1v) is 17.2. The lowest BCUT2D eigenvalue weighted by atomic mass is 9.79. The van der Waals surface area contributed by atoms with Gasteiger partial charge in [0.2, 0.25) is 0 Å². The molecule has 0 radical (unpaired) electrons. The smallest absolute Gasteiger partial charge is 0.332 e. The molecule has 6 rings (SSSR count). The van der Waals surface area contributed by atoms with Crippen LogP contribution >= 0.6 is 0 Å². The highest BCUT2D eigenvalue weighted by Gasteiger charge is 2.40. The van der Waals surface area contributed by atoms with Crippen molar-refractivity contribution >= 4 is 11.7 Å². The van der Waals surface area contributed by atoms with E-state index in [4.69, 9.17) is 18.9 Å². The third-order valence-corrected chi connectivity index (χ3v) is 9.12. The molecule has 1 atom stereocenters. The zero-order valence-corrected chi connectivity index (χ0v) is 28.5. The van der Waals surface area contributed by atoms with Crippen LogP contribution in [-0.4, -0.2) is 31.9 Å². The fourth-order valence-electron chi connectivity index (χ4n) is 6.72. The van der Waals surface area contributed by atoms with Crippen LogP contribution in [0.4, 0.5) is 5.69 Å². The Bertz CT molecular complexity index is 1770. The summed E-state index contributed by atoms with van der Waals surface area (Å²) in [6.07, 6.45) is 3.21. The highest BCUT2D eigenvalue weighted by atomic mass is 16.5. The molecule has 1 N–H and O–H groups in total. The van der Waals surface area contributed by atoms with Crippen LogP contribution < -0.4 is 14.8 Å². The predicted molar refractivity (Wildman–Crippen MR) is 194 cm³/mol. The third kappa shape index (κ3) is 7.83. The zero-order chi connectivity index (χ0) is 34.8. The van der Waals surface area contributed by atoms with Gasteiger partial charge in [0.1, 0.15) is 17.1 Å². The molecule has 1 fully saturated rings. The average Bonchev–Trinajstić information content (AvgIpc) is 3.17. The van der Waals surface area contributed by atoms with Crippen molar-refractivity contribution in [1.82, 2.24) is 0 Å². The number of hydrogen-bond acceptors (Lipinski definition) is 7. The van der Waals surface area contributed by atoms with Crippen LogP contribution in [0, 0.1) is 11.3 Å². The molecule has 7 nitrogen and oxygen atoms in total. The van der Waals surface area contributed by atoms with E-state index in [1.54, 1.807) is 24.3 Å². The summed E-state index contributed by atoms with van der Waals surface area (Å²) in [6.45, 7) is 2.38. The van der Waals surface area contributed by atoms with Crippen molar-refractivity contribution in [2.75, 3.05) is 19.0 Å². The van der Waals surface area contributed by atoms with Crippen molar-refractivity contribution in [2.24, 2.45) is 0 Å². The second kappa shape index (κ2) is 16.2. The van der Waals surface area contributed by atoms with Crippen LogP contribution in [0.2, 0.25) is 0 Å². The molecule has 0 bridgehead atoms. The van der Waals surface area contributed by atoms with Gasteiger partial charge in [0, 0.05) is 11.8 Å². The van der Waals surface area contributed by atoms with E-state index in [0.717, 1.165) is 42.4 Å². The normalized spacial score (nSPS) is 16.4. The Hall–Kier alpha value is -5.58. The first kappa shape index (κ1) is 34.3. The summed E-state index contributed by atoms with van der Waals surface area (Å²) in [6, 6.07) is 45.2. The van der Waals surface area contributed by atoms with Crippen molar-refractivity contribution in [3.05, 3.63) is 161 Å². The quantitative estimate of drug-likeness (QED) is 0.0991. The van der Waals surface area contributed by atoms with Gasteiger partial charge in [0.05, 0.1) is 37.6 Å². The number of ether oxygens (including phenoxy) is 4. The molecule has 1 unspecified atom stereocenters. The highest BCUT2D eigenvalue weighted by molar-refractivity contribution is 5.81. The number of nitrogens with one attached hydrogen (secondary N) is 1. The molecule has 0 aliphatic heterocycles. The molecule has 0 saturated heterocycles. The highest BCUT2D eigenvalue weighted by Crippen LogP contribution is 2.43. The summed E-state index contributed by atoms with van der Waals surface area (Å²) >= 11 is 0. The molecular formula is C43H42N2O5. The van der Waals surface area contributed by atoms with E-state index in [-0.39, 0.29) is 12.2 Å². The number of methoxy groups -OCH3 is 1. The predicted octanol–water partition coefficient (Wildman–Crippen LogP) is 8.98. The number of benzene rings is 5. The van der Waals surface area contributed by atoms with Crippen molar-refractivity contribution in [3.63, 3.8) is 0 Å². The van der Waals surface area contributed by atoms with Crippen molar-refractivity contribution < 1.29 is 23.7 Å². The van der Waals surface area contributed by atoms with Crippen molar-refractivity contribution in [1.29, 1.82) is 5.26 Å². The van der Waals surface area contributed by atoms with Crippen LogP contribution in [0.3, 0.4) is 0 Å². The molecule has 1 saturated carbocycles. The van der Waals surface area contributed by atoms with Gasteiger partial charge >= 0.3 is 5.97 Å². The molecule has 0 spiro atoms. The van der Waals surface area contributed by atoms with Crippen LogP contribution in [0.1, 0.15) is 66.5 Å². The van der Waals surface area contributed by atoms with Crippen LogP contribution in [0.25, 0.3) is 0 Å². The van der Waals surface area contributed by atoms with E-state index in [0.29, 0.717) is 34.9 Å². The Labute approximate surface area is 294 Å². The molecule has 0 aromatic heterocycles. The minimum atomic E-state index is -0.818. The minimum Gasteiger partial charge on any atom is -0.494 e. The molecule has 0 heterocycles. The summed E-state index contributed by atoms with van der Waals surface area (Å²) in [4.78, 5) is 13.0. The summed E-state index contributed by atoms with van der Waals surface area (Å²) in [7, 11) is 1.36. The van der Waals surface area contributed by atoms with Gasteiger partial charge in [-0.25, -0.2) is 4.79 Å². The molecular weight excluding hydrogens is 624 g/mol. The van der Waals surface area contributed by atoms with Gasteiger partial charge in [-0.3, -0.25) is 0 Å². The maximum Gasteiger partial charge on any atom is 0.332 e. The standard InChI is InChI=1S/C43H42N2O5/c1-3-48-39-27-32(41(42(46)47-2)45-36-21-19-31(30-44)20-22-36)28-40(29-39)49-37-23-25-38(26-24-37)50-43(33-13-7-4-8-14-33,34-15-9-5-10-16-34)35-17-11-6-12-18-35/h4-22,27-29,37-38,41,45H,3,23-26H2,1-2H3. The molecule has 7 heteroatoms. The van der Waals surface area contributed by atoms with Crippen LogP contribution in [0.15, 0.2) is 133 Å². The number of nitrogens with zero attached hydrogens (tertiary/aromatic N) is 1. The second-order valence-electron chi connectivity index (χ2n) is 12.4. The van der Waals surface area contributed by atoms with E-state index >= 15 is 0 Å². The third-order valence-electron chi connectivity index (χ3n) is 9.12. The summed E-state index contributed by atoms with van der Waals surface area (Å²) in [5.41, 5.74) is 4.36. The van der Waals surface area contributed by atoms with Gasteiger partial charge in [-0.15, -0.1) is 0 Å². The molecule has 1 aliphatic carbocycles. The maximum absolute atomic E-state index is 13.0. The molecule has 1 aliphatic rings. The first-order valence-electron chi connectivity index (χ1n) is 17.2. The Morgan fingerprint density at radius 2 is 1.28 bits per heavy atom. The lowest BCUT2D eigenvalue weighted by Crippen LogP contribution is -2.39. The molecule has 5 aromatic rings. The Morgan fingerprint density at radius 3 is 1.78 bits per heavy atom. The zero-order valence-electron chi connectivity index (χ0n) is 28.5. The fraction of sp³-hybridized carbons (Fsp3) is 0.256. The number of carbonyl (C=O) groups excluding carboxylic acids is 1. The Morgan fingerprint density at radius 1 is 0.760 bits per heavy atom. The first-order chi connectivity index (χ1) is 24.5. The molecule has 5 aromatic carbocycles. The van der Waals surface area contributed by atoms with Crippen LogP contribution in [-0.2, 0) is 19.9 Å². The average molecular weight is 667 g/mol. The number of nitriles is 1. The van der Waals surface area contributed by atoms with Gasteiger partial charge in [-0.05, 0) is 91.3 Å². The van der Waals surface area contributed by atoms with E-state index in [1.165, 1.54) is 7.11 Å². The maximum atomic E-state index is 13.0. The van der Waals surface area contributed by atoms with E-state index in [1.807, 2.05) is 43.3 Å². The van der Waals surface area contributed by atoms with Gasteiger partial charge in [-0.1, -0.05) is 91.0 Å². The van der Waals surface area contributed by atoms with Gasteiger partial charge in [0.25, 0.3) is 0 Å². The summed E-state index contributed by atoms with van der Waals surface area (Å²) < 4.78 is 25.0. The van der Waals surface area contributed by atoms with Crippen molar-refractivity contribution in [2.45, 2.75) is 56.5 Å². The number of rotatable bonds is 13. The molecule has 0 amide bonds. The topological polar surface area (TPSA) is 89.8 Å². The van der Waals surface area contributed by atoms with Crippen molar-refractivity contribution in [3.8, 4) is 17.6 Å². The summed E-state index contributed by atoms with van der Waals surface area (Å²) in [5, 5.41) is 12.4. The number of carbonyl (C=O) groups is 1. The fourth-order valence-corrected chi connectivity index (χ4v) is 6.72. The largest absolute Gasteiger partial charge is 0.494 e. The Kier molecular flexibility index (Phi) is 11.1. The van der Waals surface area contributed by atoms with E-state index in [9.17, 15) is 10.1 Å². The number of esters is 1. The SMILES string of the molecule is CCOc1cc(OC2CCC(OC(c3ccccc3)(c3ccccc3)c3ccccc3)CC2)cc(C(Nc2ccc(C#N)cc2)C(=O)OC)c1. The van der Waals surface area contributed by atoms with E-state index in [2.05, 4.69) is 84.2 Å². The lowest BCUT2D eigenvalue weighted by molar-refractivity contribution is -0.141. The lowest BCUT2D eigenvalue weighted by Gasteiger charge is -2.41. The second-order valence-corrected chi connectivity index (χ2v) is 12.4.